The summed E-state index contributed by atoms with van der Waals surface area (Å²) in [5, 5.41) is 3.93. The van der Waals surface area contributed by atoms with Gasteiger partial charge in [-0.15, -0.1) is 0 Å². The number of rotatable bonds is 8. The Hall–Kier alpha value is -1.92. The maximum atomic E-state index is 12.7. The number of hydrogen-bond acceptors (Lipinski definition) is 5. The van der Waals surface area contributed by atoms with E-state index in [1.54, 1.807) is 11.8 Å². The van der Waals surface area contributed by atoms with Crippen molar-refractivity contribution >= 4 is 23.4 Å². The molecule has 162 valence electrons. The molecule has 0 radical (unpaired) electrons. The third-order valence-electron chi connectivity index (χ3n) is 6.09. The molecule has 1 aliphatic rings. The van der Waals surface area contributed by atoms with Crippen LogP contribution in [0.5, 0.6) is 0 Å². The number of amides is 1. The van der Waals surface area contributed by atoms with Crippen molar-refractivity contribution in [1.82, 2.24) is 14.9 Å². The molecule has 0 aliphatic heterocycles. The van der Waals surface area contributed by atoms with Crippen molar-refractivity contribution in [1.29, 1.82) is 0 Å². The van der Waals surface area contributed by atoms with E-state index in [2.05, 4.69) is 39.4 Å². The fourth-order valence-corrected chi connectivity index (χ4v) is 4.77. The smallest absolute Gasteiger partial charge is 0.224 e. The molecular weight excluding hydrogens is 392 g/mol. The standard InChI is InChI=1S/C24H34N4OS/c1-17-21(18(2)26-24(25-17)30-4)14-15-23(29)27-22-13-9-8-10-19(22)16-28(3)20-11-6-5-7-12-20/h8-10,13,20H,5-7,11-12,14-16H2,1-4H3,(H,27,29). The Labute approximate surface area is 185 Å². The quantitative estimate of drug-likeness (QED) is 0.467. The molecule has 1 amide bonds. The summed E-state index contributed by atoms with van der Waals surface area (Å²) in [6.07, 6.45) is 9.63. The summed E-state index contributed by atoms with van der Waals surface area (Å²) in [6.45, 7) is 4.86. The summed E-state index contributed by atoms with van der Waals surface area (Å²) < 4.78 is 0. The van der Waals surface area contributed by atoms with Crippen LogP contribution in [-0.2, 0) is 17.8 Å². The highest BCUT2D eigenvalue weighted by atomic mass is 32.2. The molecule has 5 nitrogen and oxygen atoms in total. The molecule has 1 aromatic heterocycles. The summed E-state index contributed by atoms with van der Waals surface area (Å²) in [5.74, 6) is 0.0375. The Morgan fingerprint density at radius 3 is 2.47 bits per heavy atom. The first-order chi connectivity index (χ1) is 14.5. The molecule has 0 atom stereocenters. The van der Waals surface area contributed by atoms with Crippen LogP contribution in [0.4, 0.5) is 5.69 Å². The first-order valence-corrected chi connectivity index (χ1v) is 12.2. The molecule has 0 bridgehead atoms. The first-order valence-electron chi connectivity index (χ1n) is 10.9. The van der Waals surface area contributed by atoms with Crippen LogP contribution < -0.4 is 5.32 Å². The molecule has 1 aliphatic carbocycles. The Bertz CT molecular complexity index is 841. The van der Waals surface area contributed by atoms with E-state index in [9.17, 15) is 4.79 Å². The lowest BCUT2D eigenvalue weighted by atomic mass is 9.94. The highest BCUT2D eigenvalue weighted by molar-refractivity contribution is 7.98. The molecule has 30 heavy (non-hydrogen) atoms. The molecule has 2 aromatic rings. The van der Waals surface area contributed by atoms with Crippen LogP contribution in [0.2, 0.25) is 0 Å². The van der Waals surface area contributed by atoms with E-state index >= 15 is 0 Å². The molecule has 1 aromatic carbocycles. The molecule has 1 heterocycles. The predicted octanol–water partition coefficient (Wildman–Crippen LogP) is 5.15. The Balaban J connectivity index is 1.60. The SMILES string of the molecule is CSc1nc(C)c(CCC(=O)Nc2ccccc2CN(C)C2CCCCC2)c(C)n1. The van der Waals surface area contributed by atoms with Crippen molar-refractivity contribution in [2.24, 2.45) is 0 Å². The zero-order valence-electron chi connectivity index (χ0n) is 18.7. The maximum Gasteiger partial charge on any atom is 0.224 e. The molecular formula is C24H34N4OS. The molecule has 0 saturated heterocycles. The summed E-state index contributed by atoms with van der Waals surface area (Å²) in [4.78, 5) is 24.2. The van der Waals surface area contributed by atoms with Gasteiger partial charge in [0.25, 0.3) is 0 Å². The number of aryl methyl sites for hydroxylation is 2. The van der Waals surface area contributed by atoms with Gasteiger partial charge in [0.15, 0.2) is 5.16 Å². The van der Waals surface area contributed by atoms with Gasteiger partial charge in [-0.05, 0) is 63.6 Å². The molecule has 1 saturated carbocycles. The molecule has 1 N–H and O–H groups in total. The Morgan fingerprint density at radius 1 is 1.13 bits per heavy atom. The van der Waals surface area contributed by atoms with E-state index < -0.39 is 0 Å². The average molecular weight is 427 g/mol. The minimum absolute atomic E-state index is 0.0375. The van der Waals surface area contributed by atoms with Gasteiger partial charge in [-0.25, -0.2) is 9.97 Å². The summed E-state index contributed by atoms with van der Waals surface area (Å²) in [5.41, 5.74) is 5.11. The van der Waals surface area contributed by atoms with E-state index in [4.69, 9.17) is 0 Å². The predicted molar refractivity (Wildman–Crippen MR) is 125 cm³/mol. The third-order valence-corrected chi connectivity index (χ3v) is 6.64. The van der Waals surface area contributed by atoms with E-state index in [0.29, 0.717) is 18.9 Å². The van der Waals surface area contributed by atoms with Crippen molar-refractivity contribution in [2.45, 2.75) is 76.5 Å². The van der Waals surface area contributed by atoms with Crippen LogP contribution in [0.3, 0.4) is 0 Å². The van der Waals surface area contributed by atoms with Gasteiger partial charge in [0.2, 0.25) is 5.91 Å². The number of anilines is 1. The second-order valence-electron chi connectivity index (χ2n) is 8.27. The van der Waals surface area contributed by atoms with Crippen molar-refractivity contribution in [3.63, 3.8) is 0 Å². The van der Waals surface area contributed by atoms with Crippen molar-refractivity contribution in [3.8, 4) is 0 Å². The third kappa shape index (κ3) is 6.05. The summed E-state index contributed by atoms with van der Waals surface area (Å²) >= 11 is 1.54. The number of carbonyl (C=O) groups excluding carboxylic acids is 1. The maximum absolute atomic E-state index is 12.7. The van der Waals surface area contributed by atoms with Crippen molar-refractivity contribution < 1.29 is 4.79 Å². The number of thioether (sulfide) groups is 1. The van der Waals surface area contributed by atoms with Gasteiger partial charge < -0.3 is 5.32 Å². The van der Waals surface area contributed by atoms with Gasteiger partial charge in [-0.2, -0.15) is 0 Å². The fourth-order valence-electron chi connectivity index (χ4n) is 4.31. The largest absolute Gasteiger partial charge is 0.326 e. The monoisotopic (exact) mass is 426 g/mol. The van der Waals surface area contributed by atoms with E-state index in [1.165, 1.54) is 37.7 Å². The van der Waals surface area contributed by atoms with Crippen LogP contribution in [0, 0.1) is 13.8 Å². The molecule has 3 rings (SSSR count). The van der Waals surface area contributed by atoms with Gasteiger partial charge in [-0.3, -0.25) is 9.69 Å². The van der Waals surface area contributed by atoms with Crippen LogP contribution in [0.1, 0.15) is 61.0 Å². The van der Waals surface area contributed by atoms with Gasteiger partial charge in [0.1, 0.15) is 0 Å². The number of carbonyl (C=O) groups is 1. The van der Waals surface area contributed by atoms with Crippen LogP contribution in [0.15, 0.2) is 29.4 Å². The van der Waals surface area contributed by atoms with E-state index in [1.807, 2.05) is 32.2 Å². The number of nitrogens with one attached hydrogen (secondary N) is 1. The highest BCUT2D eigenvalue weighted by Crippen LogP contribution is 2.25. The van der Waals surface area contributed by atoms with Crippen molar-refractivity contribution in [2.75, 3.05) is 18.6 Å². The second kappa shape index (κ2) is 10.9. The minimum atomic E-state index is 0.0375. The number of nitrogens with zero attached hydrogens (tertiary/aromatic N) is 3. The Morgan fingerprint density at radius 2 is 1.80 bits per heavy atom. The Kier molecular flexibility index (Phi) is 8.28. The highest BCUT2D eigenvalue weighted by Gasteiger charge is 2.19. The molecule has 6 heteroatoms. The molecule has 0 unspecified atom stereocenters. The lowest BCUT2D eigenvalue weighted by Crippen LogP contribution is -2.33. The second-order valence-corrected chi connectivity index (χ2v) is 9.05. The lowest BCUT2D eigenvalue weighted by molar-refractivity contribution is -0.116. The number of benzene rings is 1. The number of para-hydroxylation sites is 1. The number of aromatic nitrogens is 2. The zero-order chi connectivity index (χ0) is 21.5. The average Bonchev–Trinajstić information content (AvgIpc) is 2.75. The summed E-state index contributed by atoms with van der Waals surface area (Å²) in [6, 6.07) is 8.82. The molecule has 1 fully saturated rings. The number of hydrogen-bond donors (Lipinski definition) is 1. The van der Waals surface area contributed by atoms with Gasteiger partial charge in [-0.1, -0.05) is 49.2 Å². The van der Waals surface area contributed by atoms with Crippen LogP contribution >= 0.6 is 11.8 Å². The van der Waals surface area contributed by atoms with Gasteiger partial charge in [0.05, 0.1) is 0 Å². The van der Waals surface area contributed by atoms with Crippen LogP contribution in [-0.4, -0.2) is 40.1 Å². The lowest BCUT2D eigenvalue weighted by Gasteiger charge is -2.31. The normalized spacial score (nSPS) is 14.8. The first kappa shape index (κ1) is 22.8. The van der Waals surface area contributed by atoms with Crippen LogP contribution in [0.25, 0.3) is 0 Å². The van der Waals surface area contributed by atoms with Crippen molar-refractivity contribution in [3.05, 3.63) is 46.8 Å². The van der Waals surface area contributed by atoms with E-state index in [-0.39, 0.29) is 5.91 Å². The van der Waals surface area contributed by atoms with Gasteiger partial charge >= 0.3 is 0 Å². The summed E-state index contributed by atoms with van der Waals surface area (Å²) in [7, 11) is 2.21. The zero-order valence-corrected chi connectivity index (χ0v) is 19.5. The topological polar surface area (TPSA) is 58.1 Å². The van der Waals surface area contributed by atoms with Gasteiger partial charge in [0, 0.05) is 36.1 Å². The molecule has 0 spiro atoms. The fraction of sp³-hybridized carbons (Fsp3) is 0.542. The van der Waals surface area contributed by atoms with E-state index in [0.717, 1.165) is 34.3 Å². The minimum Gasteiger partial charge on any atom is -0.326 e.